The van der Waals surface area contributed by atoms with Crippen molar-refractivity contribution in [2.24, 2.45) is 0 Å². The van der Waals surface area contributed by atoms with Gasteiger partial charge in [-0.05, 0) is 44.0 Å². The van der Waals surface area contributed by atoms with Crippen LogP contribution in [-0.2, 0) is 4.79 Å². The molecule has 0 unspecified atom stereocenters. The van der Waals surface area contributed by atoms with Gasteiger partial charge in [0.05, 0.1) is 0 Å². The maximum absolute atomic E-state index is 12.8. The van der Waals surface area contributed by atoms with Gasteiger partial charge in [-0.2, -0.15) is 0 Å². The van der Waals surface area contributed by atoms with Crippen molar-refractivity contribution < 1.29 is 13.9 Å². The molecule has 0 aliphatic heterocycles. The summed E-state index contributed by atoms with van der Waals surface area (Å²) < 4.78 is 18.4. The lowest BCUT2D eigenvalue weighted by atomic mass is 9.96. The second kappa shape index (κ2) is 8.01. The zero-order valence-electron chi connectivity index (χ0n) is 12.6. The lowest BCUT2D eigenvalue weighted by molar-refractivity contribution is -0.128. The van der Waals surface area contributed by atoms with E-state index in [4.69, 9.17) is 4.74 Å². The van der Waals surface area contributed by atoms with E-state index in [1.165, 1.54) is 56.4 Å². The van der Waals surface area contributed by atoms with Crippen LogP contribution in [0.1, 0.15) is 51.9 Å². The molecule has 21 heavy (non-hydrogen) atoms. The van der Waals surface area contributed by atoms with Crippen molar-refractivity contribution in [1.29, 1.82) is 0 Å². The first-order chi connectivity index (χ1) is 10.1. The van der Waals surface area contributed by atoms with Gasteiger partial charge in [-0.25, -0.2) is 4.39 Å². The second-order valence-corrected chi connectivity index (χ2v) is 5.76. The molecule has 0 saturated heterocycles. The molecular formula is C17H24FNO2. The Morgan fingerprint density at radius 2 is 1.71 bits per heavy atom. The van der Waals surface area contributed by atoms with Gasteiger partial charge in [-0.15, -0.1) is 0 Å². The summed E-state index contributed by atoms with van der Waals surface area (Å²) >= 11 is 0. The summed E-state index contributed by atoms with van der Waals surface area (Å²) in [6, 6.07) is 5.99. The first kappa shape index (κ1) is 15.8. The van der Waals surface area contributed by atoms with Gasteiger partial charge in [0.25, 0.3) is 5.91 Å². The average Bonchev–Trinajstić information content (AvgIpc) is 2.44. The predicted octanol–water partition coefficient (Wildman–Crippen LogP) is 3.82. The van der Waals surface area contributed by atoms with Crippen LogP contribution in [0.4, 0.5) is 4.39 Å². The number of hydrogen-bond donors (Lipinski definition) is 1. The van der Waals surface area contributed by atoms with Crippen LogP contribution < -0.4 is 10.1 Å². The fourth-order valence-electron chi connectivity index (χ4n) is 2.69. The lowest BCUT2D eigenvalue weighted by Gasteiger charge is -2.23. The Kier molecular flexibility index (Phi) is 6.03. The summed E-state index contributed by atoms with van der Waals surface area (Å²) in [5, 5.41) is 3.08. The molecule has 0 heterocycles. The molecule has 4 heteroatoms. The molecule has 1 atom stereocenters. The number of hydrogen-bond acceptors (Lipinski definition) is 2. The van der Waals surface area contributed by atoms with Crippen molar-refractivity contribution in [3.05, 3.63) is 30.1 Å². The van der Waals surface area contributed by atoms with Crippen molar-refractivity contribution in [2.45, 2.75) is 64.0 Å². The third kappa shape index (κ3) is 5.37. The van der Waals surface area contributed by atoms with Crippen LogP contribution in [0.2, 0.25) is 0 Å². The van der Waals surface area contributed by atoms with Crippen molar-refractivity contribution in [1.82, 2.24) is 5.32 Å². The molecule has 116 valence electrons. The van der Waals surface area contributed by atoms with Gasteiger partial charge in [0.1, 0.15) is 11.6 Å². The SMILES string of the molecule is C[C@@H](Oc1ccc(F)cc1)C(=O)NC1CCCCCCC1. The van der Waals surface area contributed by atoms with E-state index in [0.717, 1.165) is 12.8 Å². The quantitative estimate of drug-likeness (QED) is 0.916. The molecule has 1 aromatic rings. The highest BCUT2D eigenvalue weighted by Gasteiger charge is 2.19. The lowest BCUT2D eigenvalue weighted by Crippen LogP contribution is -2.42. The summed E-state index contributed by atoms with van der Waals surface area (Å²) in [6.07, 6.45) is 7.72. The zero-order valence-corrected chi connectivity index (χ0v) is 12.6. The molecule has 2 rings (SSSR count). The Labute approximate surface area is 125 Å². The topological polar surface area (TPSA) is 38.3 Å². The number of benzene rings is 1. The van der Waals surface area contributed by atoms with Gasteiger partial charge in [0, 0.05) is 6.04 Å². The molecule has 0 spiro atoms. The standard InChI is InChI=1S/C17H24FNO2/c1-13(21-16-11-9-14(18)10-12-16)17(20)19-15-7-5-3-2-4-6-8-15/h9-13,15H,2-8H2,1H3,(H,19,20)/t13-/m1/s1. The van der Waals surface area contributed by atoms with E-state index in [0.29, 0.717) is 5.75 Å². The smallest absolute Gasteiger partial charge is 0.260 e. The summed E-state index contributed by atoms with van der Waals surface area (Å²) in [5.74, 6) is 0.107. The van der Waals surface area contributed by atoms with E-state index in [2.05, 4.69) is 5.32 Å². The molecule has 1 aromatic carbocycles. The van der Waals surface area contributed by atoms with Crippen molar-refractivity contribution >= 4 is 5.91 Å². The molecule has 0 radical (unpaired) electrons. The van der Waals surface area contributed by atoms with Gasteiger partial charge < -0.3 is 10.1 Å². The van der Waals surface area contributed by atoms with Crippen LogP contribution in [0.5, 0.6) is 5.75 Å². The van der Waals surface area contributed by atoms with Crippen LogP contribution in [0.15, 0.2) is 24.3 Å². The molecular weight excluding hydrogens is 269 g/mol. The zero-order chi connectivity index (χ0) is 15.1. The van der Waals surface area contributed by atoms with Crippen molar-refractivity contribution in [3.8, 4) is 5.75 Å². The first-order valence-corrected chi connectivity index (χ1v) is 7.88. The Morgan fingerprint density at radius 3 is 2.33 bits per heavy atom. The summed E-state index contributed by atoms with van der Waals surface area (Å²) in [4.78, 5) is 12.2. The molecule has 0 aromatic heterocycles. The molecule has 1 aliphatic rings. The molecule has 0 bridgehead atoms. The molecule has 3 nitrogen and oxygen atoms in total. The Morgan fingerprint density at radius 1 is 1.14 bits per heavy atom. The van der Waals surface area contributed by atoms with E-state index in [1.54, 1.807) is 6.92 Å². The number of halogens is 1. The van der Waals surface area contributed by atoms with Crippen LogP contribution in [0.3, 0.4) is 0 Å². The van der Waals surface area contributed by atoms with Crippen LogP contribution in [0.25, 0.3) is 0 Å². The fraction of sp³-hybridized carbons (Fsp3) is 0.588. The molecule has 1 saturated carbocycles. The van der Waals surface area contributed by atoms with Crippen LogP contribution in [0, 0.1) is 5.82 Å². The Hall–Kier alpha value is -1.58. The van der Waals surface area contributed by atoms with E-state index in [-0.39, 0.29) is 17.8 Å². The van der Waals surface area contributed by atoms with Gasteiger partial charge in [-0.3, -0.25) is 4.79 Å². The minimum absolute atomic E-state index is 0.0927. The summed E-state index contributed by atoms with van der Waals surface area (Å²) in [7, 11) is 0. The molecule has 1 amide bonds. The second-order valence-electron chi connectivity index (χ2n) is 5.76. The van der Waals surface area contributed by atoms with Gasteiger partial charge in [-0.1, -0.05) is 32.1 Å². The number of rotatable bonds is 4. The maximum Gasteiger partial charge on any atom is 0.260 e. The fourth-order valence-corrected chi connectivity index (χ4v) is 2.69. The monoisotopic (exact) mass is 293 g/mol. The minimum atomic E-state index is -0.569. The van der Waals surface area contributed by atoms with E-state index >= 15 is 0 Å². The highest BCUT2D eigenvalue weighted by molar-refractivity contribution is 5.81. The normalized spacial score (nSPS) is 18.4. The molecule has 1 N–H and O–H groups in total. The van der Waals surface area contributed by atoms with E-state index < -0.39 is 6.10 Å². The molecule has 1 aliphatic carbocycles. The minimum Gasteiger partial charge on any atom is -0.481 e. The summed E-state index contributed by atoms with van der Waals surface area (Å²) in [5.41, 5.74) is 0. The highest BCUT2D eigenvalue weighted by atomic mass is 19.1. The number of carbonyl (C=O) groups is 1. The number of carbonyl (C=O) groups excluding carboxylic acids is 1. The van der Waals surface area contributed by atoms with Crippen LogP contribution in [-0.4, -0.2) is 18.1 Å². The third-order valence-corrected chi connectivity index (χ3v) is 3.95. The number of ether oxygens (including phenoxy) is 1. The van der Waals surface area contributed by atoms with E-state index in [1.807, 2.05) is 0 Å². The largest absolute Gasteiger partial charge is 0.481 e. The average molecular weight is 293 g/mol. The highest BCUT2D eigenvalue weighted by Crippen LogP contribution is 2.18. The maximum atomic E-state index is 12.8. The predicted molar refractivity (Wildman–Crippen MR) is 80.7 cm³/mol. The van der Waals surface area contributed by atoms with Crippen molar-refractivity contribution in [3.63, 3.8) is 0 Å². The van der Waals surface area contributed by atoms with Gasteiger partial charge >= 0.3 is 0 Å². The Balaban J connectivity index is 1.82. The van der Waals surface area contributed by atoms with Gasteiger partial charge in [0.2, 0.25) is 0 Å². The first-order valence-electron chi connectivity index (χ1n) is 7.88. The third-order valence-electron chi connectivity index (χ3n) is 3.95. The summed E-state index contributed by atoms with van der Waals surface area (Å²) in [6.45, 7) is 1.72. The van der Waals surface area contributed by atoms with Crippen LogP contribution >= 0.6 is 0 Å². The van der Waals surface area contributed by atoms with Gasteiger partial charge in [0.15, 0.2) is 6.10 Å². The van der Waals surface area contributed by atoms with Crippen molar-refractivity contribution in [2.75, 3.05) is 0 Å². The number of amides is 1. The Bertz CT molecular complexity index is 439. The van der Waals surface area contributed by atoms with E-state index in [9.17, 15) is 9.18 Å². The number of nitrogens with one attached hydrogen (secondary N) is 1. The molecule has 1 fully saturated rings.